The summed E-state index contributed by atoms with van der Waals surface area (Å²) in [6.45, 7) is 7.71. The molecule has 0 spiro atoms. The Bertz CT molecular complexity index is 589. The molecule has 1 aliphatic rings. The van der Waals surface area contributed by atoms with Crippen LogP contribution in [0.3, 0.4) is 0 Å². The van der Waals surface area contributed by atoms with Crippen molar-refractivity contribution >= 4 is 11.8 Å². The fraction of sp³-hybridized carbons (Fsp3) is 0.467. The van der Waals surface area contributed by atoms with Crippen LogP contribution >= 0.6 is 0 Å². The maximum Gasteiger partial charge on any atom is 0.225 e. The summed E-state index contributed by atoms with van der Waals surface area (Å²) in [5.74, 6) is 2.64. The molecule has 3 heterocycles. The fourth-order valence-electron chi connectivity index (χ4n) is 2.45. The predicted octanol–water partition coefficient (Wildman–Crippen LogP) is 1.46. The highest BCUT2D eigenvalue weighted by atomic mass is 15.3. The van der Waals surface area contributed by atoms with Crippen LogP contribution in [0.5, 0.6) is 0 Å². The van der Waals surface area contributed by atoms with E-state index in [0.29, 0.717) is 0 Å². The van der Waals surface area contributed by atoms with E-state index in [1.807, 2.05) is 31.6 Å². The third kappa shape index (κ3) is 3.09. The standard InChI is InChI=1S/C15H20N6/c1-3-13-10-17-15(18-11-13)21-8-6-20(7-9-21)14-4-5-16-12(2)19-14/h4-5,10-11H,3,6-9H2,1-2H3. The van der Waals surface area contributed by atoms with Crippen molar-refractivity contribution in [3.8, 4) is 0 Å². The Hall–Kier alpha value is -2.24. The minimum absolute atomic E-state index is 0.813. The Balaban J connectivity index is 1.64. The van der Waals surface area contributed by atoms with E-state index in [2.05, 4.69) is 36.7 Å². The molecule has 2 aromatic rings. The van der Waals surface area contributed by atoms with E-state index in [9.17, 15) is 0 Å². The molecule has 0 atom stereocenters. The van der Waals surface area contributed by atoms with Crippen LogP contribution in [0.25, 0.3) is 0 Å². The Kier molecular flexibility index (Phi) is 3.94. The van der Waals surface area contributed by atoms with Gasteiger partial charge in [-0.25, -0.2) is 19.9 Å². The van der Waals surface area contributed by atoms with Crippen molar-refractivity contribution in [1.82, 2.24) is 19.9 Å². The average Bonchev–Trinajstić information content (AvgIpc) is 2.55. The number of rotatable bonds is 3. The van der Waals surface area contributed by atoms with E-state index >= 15 is 0 Å². The van der Waals surface area contributed by atoms with E-state index in [4.69, 9.17) is 0 Å². The molecule has 21 heavy (non-hydrogen) atoms. The molecular formula is C15H20N6. The van der Waals surface area contributed by atoms with Gasteiger partial charge < -0.3 is 9.80 Å². The van der Waals surface area contributed by atoms with Crippen molar-refractivity contribution in [1.29, 1.82) is 0 Å². The molecule has 0 bridgehead atoms. The molecule has 0 aliphatic carbocycles. The van der Waals surface area contributed by atoms with Crippen LogP contribution in [-0.4, -0.2) is 46.1 Å². The largest absolute Gasteiger partial charge is 0.353 e. The maximum absolute atomic E-state index is 4.48. The first kappa shape index (κ1) is 13.7. The van der Waals surface area contributed by atoms with Crippen LogP contribution in [0, 0.1) is 6.92 Å². The lowest BCUT2D eigenvalue weighted by Crippen LogP contribution is -2.47. The van der Waals surface area contributed by atoms with E-state index in [-0.39, 0.29) is 0 Å². The van der Waals surface area contributed by atoms with E-state index in [0.717, 1.165) is 50.2 Å². The summed E-state index contributed by atoms with van der Waals surface area (Å²) in [7, 11) is 0. The lowest BCUT2D eigenvalue weighted by molar-refractivity contribution is 0.632. The van der Waals surface area contributed by atoms with Crippen LogP contribution in [0.4, 0.5) is 11.8 Å². The monoisotopic (exact) mass is 284 g/mol. The topological polar surface area (TPSA) is 58.0 Å². The summed E-state index contributed by atoms with van der Waals surface area (Å²) in [4.78, 5) is 22.0. The fourth-order valence-corrected chi connectivity index (χ4v) is 2.45. The van der Waals surface area contributed by atoms with Gasteiger partial charge in [0.05, 0.1) is 0 Å². The second-order valence-corrected chi connectivity index (χ2v) is 5.18. The van der Waals surface area contributed by atoms with Gasteiger partial charge in [-0.15, -0.1) is 0 Å². The van der Waals surface area contributed by atoms with Gasteiger partial charge in [-0.1, -0.05) is 6.92 Å². The van der Waals surface area contributed by atoms with Crippen molar-refractivity contribution in [3.05, 3.63) is 36.0 Å². The van der Waals surface area contributed by atoms with Crippen molar-refractivity contribution in [2.75, 3.05) is 36.0 Å². The molecule has 1 saturated heterocycles. The first-order valence-electron chi connectivity index (χ1n) is 7.36. The zero-order chi connectivity index (χ0) is 14.7. The summed E-state index contributed by atoms with van der Waals surface area (Å²) >= 11 is 0. The van der Waals surface area contributed by atoms with Crippen LogP contribution in [0.2, 0.25) is 0 Å². The number of hydrogen-bond donors (Lipinski definition) is 0. The average molecular weight is 284 g/mol. The SMILES string of the molecule is CCc1cnc(N2CCN(c3ccnc(C)n3)CC2)nc1. The van der Waals surface area contributed by atoms with Gasteiger partial charge in [-0.3, -0.25) is 0 Å². The van der Waals surface area contributed by atoms with Crippen LogP contribution in [0.15, 0.2) is 24.7 Å². The lowest BCUT2D eigenvalue weighted by atomic mass is 10.3. The second-order valence-electron chi connectivity index (χ2n) is 5.18. The zero-order valence-electron chi connectivity index (χ0n) is 12.5. The summed E-state index contributed by atoms with van der Waals surface area (Å²) in [5, 5.41) is 0. The van der Waals surface area contributed by atoms with Crippen molar-refractivity contribution in [2.24, 2.45) is 0 Å². The van der Waals surface area contributed by atoms with Gasteiger partial charge in [0.25, 0.3) is 0 Å². The predicted molar refractivity (Wildman–Crippen MR) is 82.6 cm³/mol. The molecule has 0 saturated carbocycles. The van der Waals surface area contributed by atoms with Gasteiger partial charge in [-0.2, -0.15) is 0 Å². The van der Waals surface area contributed by atoms with Gasteiger partial charge in [0.15, 0.2) is 0 Å². The van der Waals surface area contributed by atoms with Gasteiger partial charge in [-0.05, 0) is 25.0 Å². The molecule has 6 heteroatoms. The molecule has 0 unspecified atom stereocenters. The van der Waals surface area contributed by atoms with Gasteiger partial charge in [0, 0.05) is 44.8 Å². The van der Waals surface area contributed by atoms with Crippen LogP contribution < -0.4 is 9.80 Å². The molecule has 1 aliphatic heterocycles. The summed E-state index contributed by atoms with van der Waals surface area (Å²) < 4.78 is 0. The first-order valence-corrected chi connectivity index (χ1v) is 7.36. The van der Waals surface area contributed by atoms with Gasteiger partial charge in [0.1, 0.15) is 11.6 Å². The van der Waals surface area contributed by atoms with Crippen molar-refractivity contribution < 1.29 is 0 Å². The minimum atomic E-state index is 0.813. The number of nitrogens with zero attached hydrogens (tertiary/aromatic N) is 6. The number of anilines is 2. The summed E-state index contributed by atoms with van der Waals surface area (Å²) in [6, 6.07) is 1.97. The Morgan fingerprint density at radius 2 is 1.67 bits per heavy atom. The summed E-state index contributed by atoms with van der Waals surface area (Å²) in [6.07, 6.45) is 6.63. The highest BCUT2D eigenvalue weighted by molar-refractivity contribution is 5.41. The highest BCUT2D eigenvalue weighted by Crippen LogP contribution is 2.16. The minimum Gasteiger partial charge on any atom is -0.353 e. The van der Waals surface area contributed by atoms with E-state index < -0.39 is 0 Å². The normalized spacial score (nSPS) is 15.3. The first-order chi connectivity index (χ1) is 10.3. The molecule has 110 valence electrons. The Labute approximate surface area is 124 Å². The second kappa shape index (κ2) is 6.03. The quantitative estimate of drug-likeness (QED) is 0.850. The Morgan fingerprint density at radius 3 is 2.29 bits per heavy atom. The highest BCUT2D eigenvalue weighted by Gasteiger charge is 2.19. The number of aryl methyl sites for hydroxylation is 2. The molecule has 0 aromatic carbocycles. The molecule has 6 nitrogen and oxygen atoms in total. The zero-order valence-corrected chi connectivity index (χ0v) is 12.5. The molecular weight excluding hydrogens is 264 g/mol. The smallest absolute Gasteiger partial charge is 0.225 e. The van der Waals surface area contributed by atoms with Gasteiger partial charge in [0.2, 0.25) is 5.95 Å². The molecule has 0 N–H and O–H groups in total. The molecule has 0 radical (unpaired) electrons. The number of aromatic nitrogens is 4. The Morgan fingerprint density at radius 1 is 1.00 bits per heavy atom. The van der Waals surface area contributed by atoms with Crippen molar-refractivity contribution in [3.63, 3.8) is 0 Å². The molecule has 0 amide bonds. The van der Waals surface area contributed by atoms with Gasteiger partial charge >= 0.3 is 0 Å². The van der Waals surface area contributed by atoms with E-state index in [1.165, 1.54) is 5.56 Å². The van der Waals surface area contributed by atoms with Crippen molar-refractivity contribution in [2.45, 2.75) is 20.3 Å². The molecule has 2 aromatic heterocycles. The number of piperazine rings is 1. The van der Waals surface area contributed by atoms with Crippen LogP contribution in [0.1, 0.15) is 18.3 Å². The number of hydrogen-bond acceptors (Lipinski definition) is 6. The maximum atomic E-state index is 4.48. The third-order valence-corrected chi connectivity index (χ3v) is 3.75. The van der Waals surface area contributed by atoms with Crippen LogP contribution in [-0.2, 0) is 6.42 Å². The van der Waals surface area contributed by atoms with E-state index in [1.54, 1.807) is 0 Å². The lowest BCUT2D eigenvalue weighted by Gasteiger charge is -2.35. The summed E-state index contributed by atoms with van der Waals surface area (Å²) in [5.41, 5.74) is 1.17. The molecule has 3 rings (SSSR count). The third-order valence-electron chi connectivity index (χ3n) is 3.75. The molecule has 1 fully saturated rings.